The van der Waals surface area contributed by atoms with Gasteiger partial charge in [-0.1, -0.05) is 0 Å². The van der Waals surface area contributed by atoms with Crippen molar-refractivity contribution in [3.63, 3.8) is 0 Å². The molecule has 0 saturated carbocycles. The average molecular weight is 595 g/mol. The number of H-pyrrole nitrogens is 1. The number of nitrogens with one attached hydrogen (secondary N) is 1. The van der Waals surface area contributed by atoms with Crippen LogP contribution in [0.25, 0.3) is 22.1 Å². The number of ether oxygens (including phenoxy) is 2. The number of anilines is 1. The fourth-order valence-electron chi connectivity index (χ4n) is 5.03. The number of pyridine rings is 1. The highest BCUT2D eigenvalue weighted by Gasteiger charge is 2.50. The smallest absolute Gasteiger partial charge is 0.394 e. The van der Waals surface area contributed by atoms with E-state index in [1.807, 2.05) is 0 Å². The molecule has 2 fully saturated rings. The summed E-state index contributed by atoms with van der Waals surface area (Å²) in [7, 11) is -4.99. The van der Waals surface area contributed by atoms with Crippen molar-refractivity contribution in [3.8, 4) is 0 Å². The Morgan fingerprint density at radius 1 is 1.05 bits per heavy atom. The van der Waals surface area contributed by atoms with Gasteiger partial charge >= 0.3 is 7.82 Å². The van der Waals surface area contributed by atoms with Gasteiger partial charge in [0.2, 0.25) is 0 Å². The van der Waals surface area contributed by atoms with Crippen molar-refractivity contribution in [2.45, 2.75) is 49.1 Å². The molecule has 41 heavy (non-hydrogen) atoms. The lowest BCUT2D eigenvalue weighted by Crippen LogP contribution is -2.36. The summed E-state index contributed by atoms with van der Waals surface area (Å²) in [6, 6.07) is 3.12. The maximum absolute atomic E-state index is 13.0. The van der Waals surface area contributed by atoms with Gasteiger partial charge in [-0.15, -0.1) is 0 Å². The summed E-state index contributed by atoms with van der Waals surface area (Å²) in [6.45, 7) is -1.34. The van der Waals surface area contributed by atoms with E-state index in [0.29, 0.717) is 11.0 Å². The molecule has 0 bridgehead atoms. The third kappa shape index (κ3) is 4.83. The summed E-state index contributed by atoms with van der Waals surface area (Å²) in [4.78, 5) is 37.1. The number of nitrogens with two attached hydrogens (primary N) is 1. The molecule has 2 aliphatic rings. The predicted octanol–water partition coefficient (Wildman–Crippen LogP) is -1.88. The average Bonchev–Trinajstić information content (AvgIpc) is 3.70. The second kappa shape index (κ2) is 10.5. The molecule has 4 aromatic rings. The van der Waals surface area contributed by atoms with Gasteiger partial charge in [0.1, 0.15) is 54.4 Å². The first-order valence-corrected chi connectivity index (χ1v) is 13.8. The summed E-state index contributed by atoms with van der Waals surface area (Å²) in [5, 5.41) is 42.0. The van der Waals surface area contributed by atoms with Crippen molar-refractivity contribution >= 4 is 35.7 Å². The Kier molecular flexibility index (Phi) is 7.15. The van der Waals surface area contributed by atoms with Crippen LogP contribution in [-0.2, 0) is 23.1 Å². The monoisotopic (exact) mass is 595 g/mol. The third-order valence-corrected chi connectivity index (χ3v) is 8.06. The molecule has 0 amide bonds. The van der Waals surface area contributed by atoms with E-state index < -0.39 is 75.7 Å². The lowest BCUT2D eigenvalue weighted by atomic mass is 10.1. The first kappa shape index (κ1) is 27.9. The minimum Gasteiger partial charge on any atom is -0.394 e. The van der Waals surface area contributed by atoms with Crippen LogP contribution in [0.3, 0.4) is 0 Å². The molecule has 9 atom stereocenters. The molecule has 19 heteroatoms. The highest BCUT2D eigenvalue weighted by molar-refractivity contribution is 7.47. The fourth-order valence-corrected chi connectivity index (χ4v) is 5.96. The topological polar surface area (TPSA) is 263 Å². The van der Waals surface area contributed by atoms with Crippen LogP contribution in [0, 0.1) is 0 Å². The van der Waals surface area contributed by atoms with Crippen LogP contribution >= 0.6 is 7.82 Å². The lowest BCUT2D eigenvalue weighted by Gasteiger charge is -2.25. The van der Waals surface area contributed by atoms with E-state index in [0.717, 1.165) is 0 Å². The predicted molar refractivity (Wildman–Crippen MR) is 136 cm³/mol. The maximum Gasteiger partial charge on any atom is 0.472 e. The number of rotatable bonds is 8. The Balaban J connectivity index is 1.18. The van der Waals surface area contributed by atoms with Gasteiger partial charge in [0.15, 0.2) is 18.0 Å². The summed E-state index contributed by atoms with van der Waals surface area (Å²) < 4.78 is 37.5. The minimum absolute atomic E-state index is 0.0466. The van der Waals surface area contributed by atoms with Gasteiger partial charge in [0.25, 0.3) is 5.56 Å². The van der Waals surface area contributed by atoms with Gasteiger partial charge in [0, 0.05) is 12.4 Å². The zero-order valence-electron chi connectivity index (χ0n) is 20.9. The SMILES string of the molecule is Nc1ncnc2c1ccn2[C@@H]1O[C@H](COP(=O)(O)O[C@@H]2[C@H](O)[C@@H](CO)O[C@H]2n2cnc3c(=O)[nH]ccc32)[C@@H](O)[C@H]1O. The number of nitrogen functional groups attached to an aromatic ring is 1. The van der Waals surface area contributed by atoms with Crippen molar-refractivity contribution in [2.24, 2.45) is 0 Å². The van der Waals surface area contributed by atoms with Crippen LogP contribution in [0.4, 0.5) is 5.82 Å². The molecule has 4 aromatic heterocycles. The molecule has 6 heterocycles. The van der Waals surface area contributed by atoms with E-state index in [4.69, 9.17) is 24.3 Å². The quantitative estimate of drug-likeness (QED) is 0.110. The maximum atomic E-state index is 13.0. The Morgan fingerprint density at radius 3 is 2.61 bits per heavy atom. The molecule has 0 spiro atoms. The lowest BCUT2D eigenvalue weighted by molar-refractivity contribution is -0.0613. The molecule has 2 saturated heterocycles. The van der Waals surface area contributed by atoms with Crippen molar-refractivity contribution in [2.75, 3.05) is 18.9 Å². The Labute approximate surface area is 229 Å². The molecule has 0 aromatic carbocycles. The van der Waals surface area contributed by atoms with Gasteiger partial charge in [-0.05, 0) is 12.1 Å². The molecule has 18 nitrogen and oxygen atoms in total. The highest BCUT2D eigenvalue weighted by atomic mass is 31.2. The van der Waals surface area contributed by atoms with E-state index in [1.165, 1.54) is 40.2 Å². The van der Waals surface area contributed by atoms with Crippen molar-refractivity contribution in [1.29, 1.82) is 0 Å². The standard InChI is InChI=1S/C22H26N7O11P/c23-18-9-2-4-28(19(9)26-7-25-18)21-16(33)14(31)12(39-21)6-37-41(35,36)40-17-15(32)11(5-30)38-22(17)29-8-27-13-10(29)1-3-24-20(13)34/h1-4,7-8,11-12,14-17,21-22,30-33H,5-6H2,(H,24,34)(H,35,36)(H2,23,25,26)/t11-,12-,14-,15-,16-,17-,21-,22-/m1/s1. The second-order valence-electron chi connectivity index (χ2n) is 9.53. The Morgan fingerprint density at radius 2 is 1.83 bits per heavy atom. The van der Waals surface area contributed by atoms with Gasteiger partial charge in [0.05, 0.1) is 30.4 Å². The molecular formula is C22H26N7O11P. The summed E-state index contributed by atoms with van der Waals surface area (Å²) in [6.07, 6.45) is -5.67. The van der Waals surface area contributed by atoms with Crippen LogP contribution in [0.2, 0.25) is 0 Å². The summed E-state index contributed by atoms with van der Waals surface area (Å²) in [5.41, 5.74) is 6.01. The Hall–Kier alpha value is -3.29. The Bertz CT molecular complexity index is 1680. The van der Waals surface area contributed by atoms with Gasteiger partial charge in [-0.2, -0.15) is 0 Å². The number of aromatic nitrogens is 6. The number of aliphatic hydroxyl groups is 4. The molecule has 220 valence electrons. The first-order chi connectivity index (χ1) is 19.6. The third-order valence-electron chi connectivity index (χ3n) is 7.08. The van der Waals surface area contributed by atoms with Crippen molar-refractivity contribution in [1.82, 2.24) is 29.1 Å². The van der Waals surface area contributed by atoms with E-state index >= 15 is 0 Å². The van der Waals surface area contributed by atoms with Gasteiger partial charge < -0.3 is 54.6 Å². The van der Waals surface area contributed by atoms with Crippen LogP contribution < -0.4 is 11.3 Å². The number of aromatic amines is 1. The number of hydrogen-bond donors (Lipinski definition) is 7. The normalized spacial score (nSPS) is 31.7. The molecule has 8 N–H and O–H groups in total. The van der Waals surface area contributed by atoms with E-state index in [1.54, 1.807) is 6.07 Å². The number of phosphoric ester groups is 1. The van der Waals surface area contributed by atoms with E-state index in [9.17, 15) is 34.7 Å². The summed E-state index contributed by atoms with van der Waals surface area (Å²) in [5.74, 6) is 0.204. The number of imidazole rings is 1. The molecule has 0 aliphatic carbocycles. The number of hydrogen-bond acceptors (Lipinski definition) is 14. The van der Waals surface area contributed by atoms with Crippen molar-refractivity contribution < 1.29 is 48.4 Å². The highest BCUT2D eigenvalue weighted by Crippen LogP contribution is 2.50. The summed E-state index contributed by atoms with van der Waals surface area (Å²) >= 11 is 0. The van der Waals surface area contributed by atoms with Gasteiger partial charge in [-0.3, -0.25) is 13.8 Å². The van der Waals surface area contributed by atoms with Crippen LogP contribution in [0.5, 0.6) is 0 Å². The molecule has 6 rings (SSSR count). The molecule has 2 aliphatic heterocycles. The molecule has 0 radical (unpaired) electrons. The fraction of sp³-hybridized carbons (Fsp3) is 0.455. The van der Waals surface area contributed by atoms with Crippen LogP contribution in [-0.4, -0.2) is 104 Å². The van der Waals surface area contributed by atoms with Crippen molar-refractivity contribution in [3.05, 3.63) is 47.5 Å². The zero-order chi connectivity index (χ0) is 29.1. The first-order valence-electron chi connectivity index (χ1n) is 12.3. The van der Waals surface area contributed by atoms with E-state index in [-0.39, 0.29) is 16.9 Å². The number of nitrogens with zero attached hydrogens (tertiary/aromatic N) is 5. The number of phosphoric acid groups is 1. The molecular weight excluding hydrogens is 569 g/mol. The van der Waals surface area contributed by atoms with E-state index in [2.05, 4.69) is 19.9 Å². The molecule has 1 unspecified atom stereocenters. The second-order valence-corrected chi connectivity index (χ2v) is 10.9. The number of fused-ring (bicyclic) bond motifs is 2. The van der Waals surface area contributed by atoms with Gasteiger partial charge in [-0.25, -0.2) is 19.5 Å². The minimum atomic E-state index is -4.99. The number of aliphatic hydroxyl groups excluding tert-OH is 4. The van der Waals surface area contributed by atoms with Crippen LogP contribution in [0.1, 0.15) is 12.5 Å². The largest absolute Gasteiger partial charge is 0.472 e. The zero-order valence-corrected chi connectivity index (χ0v) is 21.8. The van der Waals surface area contributed by atoms with Crippen LogP contribution in [0.15, 0.2) is 42.0 Å².